The van der Waals surface area contributed by atoms with Crippen LogP contribution in [0.15, 0.2) is 54.6 Å². The number of imidazole rings is 1. The molecule has 0 atom stereocenters. The normalized spacial score (nSPS) is 10.8. The first-order valence-electron chi connectivity index (χ1n) is 6.88. The van der Waals surface area contributed by atoms with Crippen molar-refractivity contribution >= 4 is 17.4 Å². The first-order chi connectivity index (χ1) is 10.2. The van der Waals surface area contributed by atoms with E-state index >= 15 is 0 Å². The van der Waals surface area contributed by atoms with Crippen molar-refractivity contribution in [3.05, 3.63) is 59.6 Å². The van der Waals surface area contributed by atoms with Gasteiger partial charge in [0.05, 0.1) is 0 Å². The Morgan fingerprint density at radius 3 is 2.43 bits per heavy atom. The van der Waals surface area contributed by atoms with Gasteiger partial charge in [-0.25, -0.2) is 4.98 Å². The van der Waals surface area contributed by atoms with Gasteiger partial charge in [0.2, 0.25) is 0 Å². The maximum Gasteiger partial charge on any atom is 0.142 e. The first-order valence-corrected chi connectivity index (χ1v) is 7.26. The van der Waals surface area contributed by atoms with Crippen LogP contribution in [0.4, 0.5) is 5.82 Å². The Morgan fingerprint density at radius 1 is 1.05 bits per heavy atom. The molecule has 0 amide bonds. The molecular formula is C17H16ClN3. The molecule has 3 rings (SSSR count). The smallest absolute Gasteiger partial charge is 0.142 e. The predicted octanol–water partition coefficient (Wildman–Crippen LogP) is 4.47. The number of hydrogen-bond donors (Lipinski definition) is 1. The number of nitrogen functional groups attached to an aromatic ring is 1. The zero-order valence-electron chi connectivity index (χ0n) is 11.8. The van der Waals surface area contributed by atoms with Gasteiger partial charge in [0.15, 0.2) is 0 Å². The Morgan fingerprint density at radius 2 is 1.76 bits per heavy atom. The molecule has 2 aromatic carbocycles. The second kappa shape index (κ2) is 5.62. The van der Waals surface area contributed by atoms with Gasteiger partial charge in [0.25, 0.3) is 0 Å². The van der Waals surface area contributed by atoms with E-state index in [9.17, 15) is 0 Å². The Bertz CT molecular complexity index is 763. The predicted molar refractivity (Wildman–Crippen MR) is 88.2 cm³/mol. The molecule has 0 aliphatic heterocycles. The van der Waals surface area contributed by atoms with Crippen molar-refractivity contribution < 1.29 is 0 Å². The minimum atomic E-state index is 0.665. The highest BCUT2D eigenvalue weighted by Crippen LogP contribution is 2.32. The molecule has 3 aromatic rings. The summed E-state index contributed by atoms with van der Waals surface area (Å²) in [6.45, 7) is 2.83. The van der Waals surface area contributed by atoms with E-state index in [0.29, 0.717) is 10.8 Å². The number of hydrogen-bond acceptors (Lipinski definition) is 2. The third-order valence-electron chi connectivity index (χ3n) is 3.45. The van der Waals surface area contributed by atoms with E-state index in [-0.39, 0.29) is 0 Å². The summed E-state index contributed by atoms with van der Waals surface area (Å²) in [7, 11) is 0. The van der Waals surface area contributed by atoms with Crippen LogP contribution in [0.1, 0.15) is 6.92 Å². The van der Waals surface area contributed by atoms with Gasteiger partial charge in [-0.15, -0.1) is 0 Å². The number of nitrogens with zero attached hydrogens (tertiary/aromatic N) is 2. The Hall–Kier alpha value is -2.26. The summed E-state index contributed by atoms with van der Waals surface area (Å²) >= 11 is 6.07. The molecule has 0 unspecified atom stereocenters. The van der Waals surface area contributed by atoms with E-state index in [1.165, 1.54) is 0 Å². The fourth-order valence-electron chi connectivity index (χ4n) is 2.44. The summed E-state index contributed by atoms with van der Waals surface area (Å²) in [5.74, 6) is 1.55. The molecule has 106 valence electrons. The van der Waals surface area contributed by atoms with Crippen LogP contribution < -0.4 is 5.73 Å². The van der Waals surface area contributed by atoms with E-state index < -0.39 is 0 Å². The molecule has 0 saturated carbocycles. The first kappa shape index (κ1) is 13.7. The number of anilines is 1. The van der Waals surface area contributed by atoms with Crippen molar-refractivity contribution in [2.45, 2.75) is 13.5 Å². The number of nitrogens with two attached hydrogens (primary N) is 1. The summed E-state index contributed by atoms with van der Waals surface area (Å²) in [4.78, 5) is 4.74. The lowest BCUT2D eigenvalue weighted by atomic mass is 10.1. The van der Waals surface area contributed by atoms with Crippen molar-refractivity contribution in [1.29, 1.82) is 0 Å². The van der Waals surface area contributed by atoms with Crippen LogP contribution in [-0.2, 0) is 6.54 Å². The van der Waals surface area contributed by atoms with E-state index in [0.717, 1.165) is 29.2 Å². The van der Waals surface area contributed by atoms with E-state index in [1.54, 1.807) is 0 Å². The van der Waals surface area contributed by atoms with Crippen LogP contribution >= 0.6 is 11.6 Å². The molecule has 1 aromatic heterocycles. The molecule has 4 heteroatoms. The van der Waals surface area contributed by atoms with E-state index in [1.807, 2.05) is 59.2 Å². The fourth-order valence-corrected chi connectivity index (χ4v) is 2.63. The van der Waals surface area contributed by atoms with Gasteiger partial charge >= 0.3 is 0 Å². The monoisotopic (exact) mass is 297 g/mol. The molecule has 0 spiro atoms. The SMILES string of the molecule is CCn1c(-c2ccccc2)nc(-c2cccc(Cl)c2)c1N. The lowest BCUT2D eigenvalue weighted by Gasteiger charge is -2.06. The van der Waals surface area contributed by atoms with Crippen molar-refractivity contribution in [1.82, 2.24) is 9.55 Å². The summed E-state index contributed by atoms with van der Waals surface area (Å²) in [5.41, 5.74) is 9.06. The van der Waals surface area contributed by atoms with Gasteiger partial charge in [-0.3, -0.25) is 0 Å². The van der Waals surface area contributed by atoms with Crippen molar-refractivity contribution in [2.75, 3.05) is 5.73 Å². The van der Waals surface area contributed by atoms with Crippen LogP contribution in [0.3, 0.4) is 0 Å². The van der Waals surface area contributed by atoms with Gasteiger partial charge in [-0.2, -0.15) is 0 Å². The maximum atomic E-state index is 6.29. The van der Waals surface area contributed by atoms with Crippen LogP contribution in [0.25, 0.3) is 22.6 Å². The molecule has 2 N–H and O–H groups in total. The second-order valence-corrected chi connectivity index (χ2v) is 5.23. The highest BCUT2D eigenvalue weighted by Gasteiger charge is 2.16. The van der Waals surface area contributed by atoms with Crippen molar-refractivity contribution in [3.8, 4) is 22.6 Å². The Kier molecular flexibility index (Phi) is 3.67. The zero-order valence-corrected chi connectivity index (χ0v) is 12.5. The molecule has 21 heavy (non-hydrogen) atoms. The van der Waals surface area contributed by atoms with Crippen LogP contribution in [-0.4, -0.2) is 9.55 Å². The standard InChI is InChI=1S/C17H16ClN3/c1-2-21-16(19)15(13-9-6-10-14(18)11-13)20-17(21)12-7-4-3-5-8-12/h3-11H,2,19H2,1H3. The number of aromatic nitrogens is 2. The number of rotatable bonds is 3. The number of benzene rings is 2. The Balaban J connectivity index is 2.18. The second-order valence-electron chi connectivity index (χ2n) is 4.79. The van der Waals surface area contributed by atoms with E-state index in [4.69, 9.17) is 22.3 Å². The minimum absolute atomic E-state index is 0.665. The molecule has 0 fully saturated rings. The van der Waals surface area contributed by atoms with Crippen LogP contribution in [0.2, 0.25) is 5.02 Å². The molecule has 0 bridgehead atoms. The molecule has 0 radical (unpaired) electrons. The number of halogens is 1. The third kappa shape index (κ3) is 2.52. The molecule has 1 heterocycles. The highest BCUT2D eigenvalue weighted by atomic mass is 35.5. The molecule has 0 aliphatic carbocycles. The van der Waals surface area contributed by atoms with Crippen LogP contribution in [0, 0.1) is 0 Å². The van der Waals surface area contributed by atoms with Gasteiger partial charge in [-0.1, -0.05) is 54.1 Å². The molecule has 0 saturated heterocycles. The molecule has 0 aliphatic rings. The topological polar surface area (TPSA) is 43.8 Å². The molecule has 3 nitrogen and oxygen atoms in total. The summed E-state index contributed by atoms with van der Waals surface area (Å²) in [6, 6.07) is 17.7. The molecular weight excluding hydrogens is 282 g/mol. The lowest BCUT2D eigenvalue weighted by molar-refractivity contribution is 0.781. The van der Waals surface area contributed by atoms with E-state index in [2.05, 4.69) is 6.92 Å². The quantitative estimate of drug-likeness (QED) is 0.775. The van der Waals surface area contributed by atoms with Gasteiger partial charge in [-0.05, 0) is 19.1 Å². The zero-order chi connectivity index (χ0) is 14.8. The van der Waals surface area contributed by atoms with Crippen molar-refractivity contribution in [3.63, 3.8) is 0 Å². The summed E-state index contributed by atoms with van der Waals surface area (Å²) in [6.07, 6.45) is 0. The third-order valence-corrected chi connectivity index (χ3v) is 3.69. The average molecular weight is 298 g/mol. The van der Waals surface area contributed by atoms with Crippen molar-refractivity contribution in [2.24, 2.45) is 0 Å². The lowest BCUT2D eigenvalue weighted by Crippen LogP contribution is -2.02. The largest absolute Gasteiger partial charge is 0.383 e. The van der Waals surface area contributed by atoms with Gasteiger partial charge in [0.1, 0.15) is 17.3 Å². The highest BCUT2D eigenvalue weighted by molar-refractivity contribution is 6.30. The maximum absolute atomic E-state index is 6.29. The van der Waals surface area contributed by atoms with Gasteiger partial charge < -0.3 is 10.3 Å². The van der Waals surface area contributed by atoms with Gasteiger partial charge in [0, 0.05) is 22.7 Å². The fraction of sp³-hybridized carbons (Fsp3) is 0.118. The van der Waals surface area contributed by atoms with Crippen LogP contribution in [0.5, 0.6) is 0 Å². The summed E-state index contributed by atoms with van der Waals surface area (Å²) < 4.78 is 2.02. The summed E-state index contributed by atoms with van der Waals surface area (Å²) in [5, 5.41) is 0.680. The Labute approximate surface area is 129 Å². The average Bonchev–Trinajstić information content (AvgIpc) is 2.85. The minimum Gasteiger partial charge on any atom is -0.383 e.